The molecule has 4 heterocycles. The zero-order chi connectivity index (χ0) is 29.4. The third-order valence-corrected chi connectivity index (χ3v) is 9.78. The van der Waals surface area contributed by atoms with Crippen LogP contribution in [0.25, 0.3) is 0 Å². The van der Waals surface area contributed by atoms with Crippen molar-refractivity contribution < 1.29 is 19.4 Å². The summed E-state index contributed by atoms with van der Waals surface area (Å²) in [5, 5.41) is 14.7. The summed E-state index contributed by atoms with van der Waals surface area (Å²) in [6, 6.07) is 10.7. The number of amides is 2. The highest BCUT2D eigenvalue weighted by molar-refractivity contribution is 5.93. The lowest BCUT2D eigenvalue weighted by molar-refractivity contribution is -0.148. The number of likely N-dealkylation sites (tertiary alicyclic amines) is 2. The van der Waals surface area contributed by atoms with Crippen molar-refractivity contribution in [1.29, 1.82) is 0 Å². The van der Waals surface area contributed by atoms with E-state index in [-0.39, 0.29) is 53.7 Å². The van der Waals surface area contributed by atoms with Crippen molar-refractivity contribution >= 4 is 17.6 Å². The van der Waals surface area contributed by atoms with Crippen LogP contribution in [0, 0.1) is 5.41 Å². The lowest BCUT2D eigenvalue weighted by Gasteiger charge is -2.59. The zero-order valence-electron chi connectivity index (χ0n) is 25.1. The van der Waals surface area contributed by atoms with Crippen LogP contribution in [-0.2, 0) is 17.8 Å². The monoisotopic (exact) mass is 576 g/mol. The summed E-state index contributed by atoms with van der Waals surface area (Å²) >= 11 is 0. The average molecular weight is 577 g/mol. The Morgan fingerprint density at radius 2 is 1.83 bits per heavy atom. The average Bonchev–Trinajstić information content (AvgIpc) is 2.95. The normalized spacial score (nSPS) is 23.7. The number of aromatic nitrogens is 2. The molecule has 42 heavy (non-hydrogen) atoms. The molecule has 10 heteroatoms. The van der Waals surface area contributed by atoms with Gasteiger partial charge in [0.2, 0.25) is 5.91 Å². The molecule has 1 aromatic heterocycles. The number of nitrogens with one attached hydrogen (secondary N) is 1. The molecule has 2 atom stereocenters. The van der Waals surface area contributed by atoms with E-state index in [1.54, 1.807) is 17.9 Å². The van der Waals surface area contributed by atoms with Gasteiger partial charge in [-0.05, 0) is 49.7 Å². The highest BCUT2D eigenvalue weighted by atomic mass is 16.5. The molecule has 0 unspecified atom stereocenters. The molecule has 226 valence electrons. The molecule has 2 aromatic rings. The van der Waals surface area contributed by atoms with Crippen molar-refractivity contribution in [1.82, 2.24) is 24.7 Å². The van der Waals surface area contributed by atoms with Gasteiger partial charge in [0.05, 0.1) is 6.10 Å². The number of hydrogen-bond acceptors (Lipinski definition) is 8. The van der Waals surface area contributed by atoms with Crippen LogP contribution in [0.1, 0.15) is 74.5 Å². The summed E-state index contributed by atoms with van der Waals surface area (Å²) < 4.78 is 6.09. The van der Waals surface area contributed by atoms with Crippen LogP contribution in [0.4, 0.5) is 5.82 Å². The molecule has 3 aliphatic heterocycles. The van der Waals surface area contributed by atoms with Gasteiger partial charge in [-0.25, -0.2) is 0 Å². The van der Waals surface area contributed by atoms with Crippen LogP contribution in [0.3, 0.4) is 0 Å². The van der Waals surface area contributed by atoms with Gasteiger partial charge >= 0.3 is 6.01 Å². The van der Waals surface area contributed by atoms with Gasteiger partial charge in [-0.15, -0.1) is 0 Å². The maximum atomic E-state index is 13.7. The largest absolute Gasteiger partial charge is 0.460 e. The standard InChI is InChI=1S/C32H44N6O4/c1-4-25(5-2)42-31-34-26(14-29(35-31)33-24-15-32(16-24)19-38(20-32)21(3)39)30(41)37-13-11-27(28(40)18-37)36-12-10-22-8-6-7-9-23(22)17-36/h6-9,14,24-25,27-28,40H,4-5,10-13,15-20H2,1-3H3,(H,33,34,35)/t27-,28-/m1/s1. The second-order valence-electron chi connectivity index (χ2n) is 12.8. The maximum absolute atomic E-state index is 13.7. The molecule has 10 nitrogen and oxygen atoms in total. The number of carbonyl (C=O) groups is 2. The van der Waals surface area contributed by atoms with Crippen molar-refractivity contribution in [3.63, 3.8) is 0 Å². The van der Waals surface area contributed by atoms with Gasteiger partial charge < -0.3 is 25.0 Å². The van der Waals surface area contributed by atoms with E-state index < -0.39 is 6.10 Å². The van der Waals surface area contributed by atoms with Crippen LogP contribution in [0.2, 0.25) is 0 Å². The number of β-amino-alcohol motifs (C(OH)–C–C–N with tert-alkyl or cyclic N) is 1. The molecule has 1 aromatic carbocycles. The van der Waals surface area contributed by atoms with Crippen molar-refractivity contribution in [3.8, 4) is 6.01 Å². The summed E-state index contributed by atoms with van der Waals surface area (Å²) in [6.07, 6.45) is 4.60. The number of anilines is 1. The van der Waals surface area contributed by atoms with E-state index in [0.29, 0.717) is 18.8 Å². The molecule has 1 saturated carbocycles. The van der Waals surface area contributed by atoms with Gasteiger partial charge in [0.15, 0.2) is 0 Å². The highest BCUT2D eigenvalue weighted by Gasteiger charge is 2.53. The SMILES string of the molecule is CCC(CC)Oc1nc(NC2CC3(C2)CN(C(C)=O)C3)cc(C(=O)N2CC[C@@H](N3CCc4ccccc4C3)[C@H](O)C2)n1. The molecule has 4 aliphatic rings. The molecule has 2 amide bonds. The Bertz CT molecular complexity index is 1300. The smallest absolute Gasteiger partial charge is 0.319 e. The molecule has 3 fully saturated rings. The van der Waals surface area contributed by atoms with Crippen LogP contribution >= 0.6 is 0 Å². The molecule has 0 bridgehead atoms. The predicted octanol–water partition coefficient (Wildman–Crippen LogP) is 3.10. The topological polar surface area (TPSA) is 111 Å². The number of aliphatic hydroxyl groups is 1. The first-order valence-corrected chi connectivity index (χ1v) is 15.6. The van der Waals surface area contributed by atoms with Crippen molar-refractivity contribution in [2.75, 3.05) is 38.0 Å². The van der Waals surface area contributed by atoms with Crippen LogP contribution < -0.4 is 10.1 Å². The van der Waals surface area contributed by atoms with Gasteiger partial charge in [-0.3, -0.25) is 14.5 Å². The summed E-state index contributed by atoms with van der Waals surface area (Å²) in [4.78, 5) is 40.5. The fourth-order valence-corrected chi connectivity index (χ4v) is 7.30. The minimum absolute atomic E-state index is 0.0233. The first kappa shape index (κ1) is 28.9. The molecule has 6 rings (SSSR count). The Kier molecular flexibility index (Phi) is 8.11. The number of benzene rings is 1. The predicted molar refractivity (Wildman–Crippen MR) is 159 cm³/mol. The number of piperidine rings is 1. The number of ether oxygens (including phenoxy) is 1. The maximum Gasteiger partial charge on any atom is 0.319 e. The minimum Gasteiger partial charge on any atom is -0.460 e. The fraction of sp³-hybridized carbons (Fsp3) is 0.625. The first-order valence-electron chi connectivity index (χ1n) is 15.6. The van der Waals surface area contributed by atoms with Gasteiger partial charge in [-0.1, -0.05) is 38.1 Å². The van der Waals surface area contributed by atoms with Crippen LogP contribution in [0.15, 0.2) is 30.3 Å². The van der Waals surface area contributed by atoms with E-state index in [9.17, 15) is 14.7 Å². The Hall–Kier alpha value is -3.24. The Balaban J connectivity index is 1.12. The van der Waals surface area contributed by atoms with Gasteiger partial charge in [0, 0.05) is 69.8 Å². The molecular weight excluding hydrogens is 532 g/mol. The summed E-state index contributed by atoms with van der Waals surface area (Å²) in [7, 11) is 0. The Morgan fingerprint density at radius 1 is 1.10 bits per heavy atom. The lowest BCUT2D eigenvalue weighted by Crippen LogP contribution is -2.65. The molecule has 2 N–H and O–H groups in total. The van der Waals surface area contributed by atoms with Crippen molar-refractivity contribution in [2.24, 2.45) is 5.41 Å². The number of carbonyl (C=O) groups excluding carboxylic acids is 2. The summed E-state index contributed by atoms with van der Waals surface area (Å²) in [6.45, 7) is 9.96. The van der Waals surface area contributed by atoms with Gasteiger partial charge in [0.1, 0.15) is 17.6 Å². The molecule has 2 saturated heterocycles. The van der Waals surface area contributed by atoms with Crippen LogP contribution in [0.5, 0.6) is 6.01 Å². The third kappa shape index (κ3) is 5.83. The minimum atomic E-state index is -0.629. The van der Waals surface area contributed by atoms with E-state index >= 15 is 0 Å². The van der Waals surface area contributed by atoms with Crippen molar-refractivity contribution in [3.05, 3.63) is 47.2 Å². The van der Waals surface area contributed by atoms with Gasteiger partial charge in [-0.2, -0.15) is 9.97 Å². The van der Waals surface area contributed by atoms with E-state index in [1.807, 2.05) is 4.90 Å². The van der Waals surface area contributed by atoms with E-state index in [1.165, 1.54) is 11.1 Å². The molecular formula is C32H44N6O4. The van der Waals surface area contributed by atoms with Gasteiger partial charge in [0.25, 0.3) is 5.91 Å². The highest BCUT2D eigenvalue weighted by Crippen LogP contribution is 2.49. The second kappa shape index (κ2) is 11.8. The van der Waals surface area contributed by atoms with E-state index in [2.05, 4.69) is 58.3 Å². The number of nitrogens with zero attached hydrogens (tertiary/aromatic N) is 5. The first-order chi connectivity index (χ1) is 20.3. The zero-order valence-corrected chi connectivity index (χ0v) is 25.1. The summed E-state index contributed by atoms with van der Waals surface area (Å²) in [5.41, 5.74) is 3.21. The summed E-state index contributed by atoms with van der Waals surface area (Å²) in [5.74, 6) is 0.506. The molecule has 1 aliphatic carbocycles. The number of fused-ring (bicyclic) bond motifs is 1. The number of aliphatic hydroxyl groups excluding tert-OH is 1. The van der Waals surface area contributed by atoms with Crippen LogP contribution in [-0.4, -0.2) is 98.6 Å². The Labute approximate surface area is 248 Å². The molecule has 1 spiro atoms. The third-order valence-electron chi connectivity index (χ3n) is 9.78. The quantitative estimate of drug-likeness (QED) is 0.493. The Morgan fingerprint density at radius 3 is 2.52 bits per heavy atom. The lowest BCUT2D eigenvalue weighted by atomic mass is 9.60. The molecule has 0 radical (unpaired) electrons. The number of hydrogen-bond donors (Lipinski definition) is 2. The second-order valence-corrected chi connectivity index (χ2v) is 12.8. The fourth-order valence-electron chi connectivity index (χ4n) is 7.30. The number of rotatable bonds is 8. The van der Waals surface area contributed by atoms with Crippen molar-refractivity contribution in [2.45, 2.75) is 90.1 Å². The van der Waals surface area contributed by atoms with E-state index in [0.717, 1.165) is 58.3 Å². The van der Waals surface area contributed by atoms with E-state index in [4.69, 9.17) is 4.74 Å².